The molecule has 1 aliphatic heterocycles. The number of methoxy groups -OCH3 is 1. The Morgan fingerprint density at radius 3 is 2.38 bits per heavy atom. The standard InChI is InChI=1S/C21H30N2O8S/c1-12(24)22-18-14(13-9-10-30-16(13)11-31-32(6,27)28)7-8-15(17(18)19(25)29-5)23-20(26)21(2,3)4/h7-8,13,16H,9-11H2,1-6H3,(H,22,24)(H,23,26)/t13?,16-/m1/s1. The maximum Gasteiger partial charge on any atom is 0.342 e. The van der Waals surface area contributed by atoms with Crippen molar-refractivity contribution in [3.63, 3.8) is 0 Å². The van der Waals surface area contributed by atoms with Crippen molar-refractivity contribution in [1.82, 2.24) is 0 Å². The van der Waals surface area contributed by atoms with E-state index in [0.717, 1.165) is 6.26 Å². The zero-order valence-electron chi connectivity index (χ0n) is 19.1. The van der Waals surface area contributed by atoms with Crippen molar-refractivity contribution in [3.8, 4) is 0 Å². The Hall–Kier alpha value is -2.50. The van der Waals surface area contributed by atoms with Crippen LogP contribution in [-0.4, -0.2) is 58.9 Å². The monoisotopic (exact) mass is 470 g/mol. The molecule has 10 nitrogen and oxygen atoms in total. The number of carbonyl (C=O) groups is 3. The molecule has 0 aromatic heterocycles. The van der Waals surface area contributed by atoms with E-state index in [1.807, 2.05) is 0 Å². The van der Waals surface area contributed by atoms with Crippen LogP contribution in [0.2, 0.25) is 0 Å². The summed E-state index contributed by atoms with van der Waals surface area (Å²) in [5.41, 5.74) is 0.178. The number of anilines is 2. The smallest absolute Gasteiger partial charge is 0.342 e. The highest BCUT2D eigenvalue weighted by Crippen LogP contribution is 2.40. The first-order valence-electron chi connectivity index (χ1n) is 10.0. The molecule has 32 heavy (non-hydrogen) atoms. The zero-order chi connectivity index (χ0) is 24.3. The van der Waals surface area contributed by atoms with Gasteiger partial charge in [0.25, 0.3) is 10.1 Å². The van der Waals surface area contributed by atoms with Gasteiger partial charge in [-0.15, -0.1) is 0 Å². The molecule has 2 amide bonds. The van der Waals surface area contributed by atoms with E-state index < -0.39 is 33.5 Å². The fourth-order valence-electron chi connectivity index (χ4n) is 3.33. The number of nitrogens with one attached hydrogen (secondary N) is 2. The second-order valence-corrected chi connectivity index (χ2v) is 10.3. The van der Waals surface area contributed by atoms with Crippen molar-refractivity contribution in [2.45, 2.75) is 46.1 Å². The molecule has 2 N–H and O–H groups in total. The van der Waals surface area contributed by atoms with Crippen molar-refractivity contribution in [2.75, 3.05) is 37.2 Å². The molecular weight excluding hydrogens is 440 g/mol. The van der Waals surface area contributed by atoms with Gasteiger partial charge in [-0.25, -0.2) is 4.79 Å². The quantitative estimate of drug-likeness (QED) is 0.457. The predicted molar refractivity (Wildman–Crippen MR) is 118 cm³/mol. The van der Waals surface area contributed by atoms with Gasteiger partial charge in [0.2, 0.25) is 11.8 Å². The van der Waals surface area contributed by atoms with E-state index >= 15 is 0 Å². The molecule has 1 heterocycles. The van der Waals surface area contributed by atoms with Crippen LogP contribution in [-0.2, 0) is 33.4 Å². The summed E-state index contributed by atoms with van der Waals surface area (Å²) in [6.45, 7) is 6.61. The van der Waals surface area contributed by atoms with Crippen LogP contribution in [0.15, 0.2) is 12.1 Å². The molecule has 11 heteroatoms. The minimum absolute atomic E-state index is 0.00696. The van der Waals surface area contributed by atoms with Crippen molar-refractivity contribution in [1.29, 1.82) is 0 Å². The molecular formula is C21H30N2O8S. The van der Waals surface area contributed by atoms with Crippen LogP contribution in [0.25, 0.3) is 0 Å². The highest BCUT2D eigenvalue weighted by atomic mass is 32.2. The van der Waals surface area contributed by atoms with Crippen LogP contribution in [0.1, 0.15) is 56.0 Å². The van der Waals surface area contributed by atoms with E-state index in [2.05, 4.69) is 10.6 Å². The maximum absolute atomic E-state index is 12.7. The molecule has 1 aromatic carbocycles. The molecule has 1 aromatic rings. The zero-order valence-corrected chi connectivity index (χ0v) is 19.9. The Morgan fingerprint density at radius 1 is 1.19 bits per heavy atom. The molecule has 1 fully saturated rings. The first-order valence-corrected chi connectivity index (χ1v) is 11.9. The van der Waals surface area contributed by atoms with Crippen LogP contribution >= 0.6 is 0 Å². The average Bonchev–Trinajstić information content (AvgIpc) is 3.12. The summed E-state index contributed by atoms with van der Waals surface area (Å²) in [6.07, 6.45) is 0.846. The van der Waals surface area contributed by atoms with Gasteiger partial charge in [0.1, 0.15) is 5.56 Å². The van der Waals surface area contributed by atoms with Gasteiger partial charge in [-0.05, 0) is 18.1 Å². The molecule has 0 spiro atoms. The van der Waals surface area contributed by atoms with Crippen molar-refractivity contribution in [2.24, 2.45) is 5.41 Å². The van der Waals surface area contributed by atoms with Crippen LogP contribution in [0.3, 0.4) is 0 Å². The number of esters is 1. The van der Waals surface area contributed by atoms with Gasteiger partial charge in [-0.2, -0.15) is 8.42 Å². The van der Waals surface area contributed by atoms with E-state index in [1.54, 1.807) is 32.9 Å². The van der Waals surface area contributed by atoms with Crippen molar-refractivity contribution >= 4 is 39.3 Å². The van der Waals surface area contributed by atoms with Gasteiger partial charge in [-0.1, -0.05) is 26.8 Å². The van der Waals surface area contributed by atoms with Crippen LogP contribution in [0, 0.1) is 5.41 Å². The molecule has 1 unspecified atom stereocenters. The molecule has 0 radical (unpaired) electrons. The second kappa shape index (κ2) is 9.97. The third kappa shape index (κ3) is 6.50. The first-order chi connectivity index (χ1) is 14.7. The van der Waals surface area contributed by atoms with Gasteiger partial charge < -0.3 is 20.1 Å². The third-order valence-electron chi connectivity index (χ3n) is 4.91. The summed E-state index contributed by atoms with van der Waals surface area (Å²) in [5, 5.41) is 5.40. The van der Waals surface area contributed by atoms with E-state index in [-0.39, 0.29) is 35.4 Å². The number of ether oxygens (including phenoxy) is 2. The fourth-order valence-corrected chi connectivity index (χ4v) is 3.71. The molecule has 2 atom stereocenters. The third-order valence-corrected chi connectivity index (χ3v) is 5.48. The van der Waals surface area contributed by atoms with Crippen LogP contribution in [0.5, 0.6) is 0 Å². The molecule has 0 aliphatic carbocycles. The maximum atomic E-state index is 12.7. The van der Waals surface area contributed by atoms with Crippen LogP contribution < -0.4 is 10.6 Å². The van der Waals surface area contributed by atoms with Gasteiger partial charge in [0.05, 0.1) is 37.5 Å². The van der Waals surface area contributed by atoms with Crippen LogP contribution in [0.4, 0.5) is 11.4 Å². The topological polar surface area (TPSA) is 137 Å². The van der Waals surface area contributed by atoms with Gasteiger partial charge in [0.15, 0.2) is 0 Å². The Morgan fingerprint density at radius 2 is 1.84 bits per heavy atom. The normalized spacial score (nSPS) is 18.8. The molecule has 1 aliphatic rings. The van der Waals surface area contributed by atoms with E-state index in [0.29, 0.717) is 18.6 Å². The number of benzene rings is 1. The molecule has 1 saturated heterocycles. The van der Waals surface area contributed by atoms with Crippen molar-refractivity contribution in [3.05, 3.63) is 23.3 Å². The Kier molecular flexibility index (Phi) is 8.02. The number of hydrogen-bond acceptors (Lipinski definition) is 8. The highest BCUT2D eigenvalue weighted by Gasteiger charge is 2.35. The lowest BCUT2D eigenvalue weighted by molar-refractivity contribution is -0.123. The Labute approximate surface area is 188 Å². The summed E-state index contributed by atoms with van der Waals surface area (Å²) in [7, 11) is -2.48. The minimum atomic E-state index is -3.68. The van der Waals surface area contributed by atoms with Gasteiger partial charge in [-0.3, -0.25) is 13.8 Å². The lowest BCUT2D eigenvalue weighted by Gasteiger charge is -2.25. The second-order valence-electron chi connectivity index (χ2n) is 8.62. The largest absolute Gasteiger partial charge is 0.465 e. The summed E-state index contributed by atoms with van der Waals surface area (Å²) in [4.78, 5) is 37.3. The lowest BCUT2D eigenvalue weighted by Crippen LogP contribution is -2.29. The minimum Gasteiger partial charge on any atom is -0.465 e. The van der Waals surface area contributed by atoms with E-state index in [9.17, 15) is 22.8 Å². The molecule has 178 valence electrons. The summed E-state index contributed by atoms with van der Waals surface area (Å²) in [6, 6.07) is 3.23. The summed E-state index contributed by atoms with van der Waals surface area (Å²) < 4.78 is 38.3. The Bertz CT molecular complexity index is 998. The molecule has 2 rings (SSSR count). The number of amides is 2. The number of carbonyl (C=O) groups excluding carboxylic acids is 3. The Balaban J connectivity index is 2.59. The van der Waals surface area contributed by atoms with Gasteiger partial charge >= 0.3 is 5.97 Å². The van der Waals surface area contributed by atoms with Gasteiger partial charge in [0, 0.05) is 24.9 Å². The fraction of sp³-hybridized carbons (Fsp3) is 0.571. The summed E-state index contributed by atoms with van der Waals surface area (Å²) in [5.74, 6) is -1.87. The highest BCUT2D eigenvalue weighted by molar-refractivity contribution is 7.85. The predicted octanol–water partition coefficient (Wildman–Crippen LogP) is 2.26. The molecule has 0 saturated carbocycles. The number of hydrogen-bond donors (Lipinski definition) is 2. The molecule has 0 bridgehead atoms. The van der Waals surface area contributed by atoms with E-state index in [1.165, 1.54) is 14.0 Å². The van der Waals surface area contributed by atoms with E-state index in [4.69, 9.17) is 13.7 Å². The first kappa shape index (κ1) is 25.8. The summed E-state index contributed by atoms with van der Waals surface area (Å²) >= 11 is 0. The lowest BCUT2D eigenvalue weighted by atomic mass is 9.88. The average molecular weight is 471 g/mol. The van der Waals surface area contributed by atoms with Crippen molar-refractivity contribution < 1.29 is 36.5 Å². The SMILES string of the molecule is COC(=O)c1c(NC(=O)C(C)(C)C)ccc(C2CCO[C@@H]2COS(C)(=O)=O)c1NC(C)=O. The number of rotatable bonds is 7.